The molecule has 0 bridgehead atoms. The Kier molecular flexibility index (Phi) is 5.32. The minimum absolute atomic E-state index is 0.0253. The molecule has 3 nitrogen and oxygen atoms in total. The van der Waals surface area contributed by atoms with E-state index in [0.717, 1.165) is 11.0 Å². The molecule has 0 saturated carbocycles. The molecule has 0 aliphatic heterocycles. The van der Waals surface area contributed by atoms with Crippen LogP contribution in [0.25, 0.3) is 0 Å². The van der Waals surface area contributed by atoms with Crippen molar-refractivity contribution in [3.05, 3.63) is 22.8 Å². The van der Waals surface area contributed by atoms with Crippen molar-refractivity contribution in [3.63, 3.8) is 0 Å². The fourth-order valence-corrected chi connectivity index (χ4v) is 2.45. The van der Waals surface area contributed by atoms with Gasteiger partial charge in [0.15, 0.2) is 0 Å². The van der Waals surface area contributed by atoms with E-state index in [4.69, 9.17) is 0 Å². The molecule has 1 heterocycles. The molecule has 1 aromatic heterocycles. The van der Waals surface area contributed by atoms with Gasteiger partial charge in [-0.25, -0.2) is 4.98 Å². The number of carbonyl (C=O) groups excluding carboxylic acids is 1. The van der Waals surface area contributed by atoms with Crippen LogP contribution in [0.1, 0.15) is 40.5 Å². The van der Waals surface area contributed by atoms with Gasteiger partial charge in [-0.2, -0.15) is 0 Å². The lowest BCUT2D eigenvalue weighted by Gasteiger charge is -2.22. The highest BCUT2D eigenvalue weighted by Gasteiger charge is 2.17. The Bertz CT molecular complexity index is 413. The van der Waals surface area contributed by atoms with Crippen molar-refractivity contribution in [2.24, 2.45) is 11.3 Å². The summed E-state index contributed by atoms with van der Waals surface area (Å²) in [6, 6.07) is 5.47. The van der Waals surface area contributed by atoms with E-state index in [1.807, 2.05) is 12.1 Å². The molecule has 0 aliphatic carbocycles. The van der Waals surface area contributed by atoms with Crippen LogP contribution in [-0.4, -0.2) is 10.9 Å². The molecule has 1 aromatic rings. The number of anilines is 1. The number of aromatic nitrogens is 1. The van der Waals surface area contributed by atoms with Gasteiger partial charge in [-0.1, -0.05) is 33.8 Å². The second kappa shape index (κ2) is 6.32. The second-order valence-electron chi connectivity index (χ2n) is 5.97. The van der Waals surface area contributed by atoms with E-state index in [2.05, 4.69) is 53.9 Å². The Balaban J connectivity index is 2.47. The predicted octanol–water partition coefficient (Wildman–Crippen LogP) is 4.25. The second-order valence-corrected chi connectivity index (χ2v) is 6.78. The highest BCUT2D eigenvalue weighted by molar-refractivity contribution is 9.10. The van der Waals surface area contributed by atoms with Crippen molar-refractivity contribution in [2.45, 2.75) is 40.5 Å². The summed E-state index contributed by atoms with van der Waals surface area (Å²) < 4.78 is 0.725. The zero-order valence-corrected chi connectivity index (χ0v) is 13.0. The van der Waals surface area contributed by atoms with E-state index in [-0.39, 0.29) is 11.3 Å². The Labute approximate surface area is 118 Å². The number of carbonyl (C=O) groups is 1. The molecule has 1 atom stereocenters. The predicted molar refractivity (Wildman–Crippen MR) is 78.4 cm³/mol. The van der Waals surface area contributed by atoms with Crippen molar-refractivity contribution in [1.29, 1.82) is 0 Å². The third-order valence-electron chi connectivity index (χ3n) is 2.48. The molecule has 1 amide bonds. The van der Waals surface area contributed by atoms with E-state index in [1.54, 1.807) is 6.07 Å². The summed E-state index contributed by atoms with van der Waals surface area (Å²) in [5, 5.41) is 2.82. The maximum atomic E-state index is 11.9. The molecule has 0 fully saturated rings. The van der Waals surface area contributed by atoms with Crippen molar-refractivity contribution in [2.75, 3.05) is 5.32 Å². The maximum absolute atomic E-state index is 11.9. The van der Waals surface area contributed by atoms with Crippen LogP contribution in [0.3, 0.4) is 0 Å². The Morgan fingerprint density at radius 3 is 2.67 bits per heavy atom. The highest BCUT2D eigenvalue weighted by atomic mass is 79.9. The summed E-state index contributed by atoms with van der Waals surface area (Å²) in [5.41, 5.74) is 0.258. The normalized spacial score (nSPS) is 13.2. The smallest absolute Gasteiger partial charge is 0.225 e. The first-order valence-electron chi connectivity index (χ1n) is 6.19. The topological polar surface area (TPSA) is 42.0 Å². The van der Waals surface area contributed by atoms with Crippen molar-refractivity contribution in [3.8, 4) is 0 Å². The summed E-state index contributed by atoms with van der Waals surface area (Å²) in [5.74, 6) is 0.992. The Morgan fingerprint density at radius 2 is 2.11 bits per heavy atom. The number of hydrogen-bond donors (Lipinski definition) is 1. The van der Waals surface area contributed by atoms with Gasteiger partial charge < -0.3 is 5.32 Å². The van der Waals surface area contributed by atoms with Crippen LogP contribution in [0.4, 0.5) is 5.82 Å². The summed E-state index contributed by atoms with van der Waals surface area (Å²) in [4.78, 5) is 16.0. The largest absolute Gasteiger partial charge is 0.311 e. The highest BCUT2D eigenvalue weighted by Crippen LogP contribution is 2.26. The molecule has 0 aliphatic rings. The molecule has 0 radical (unpaired) electrons. The van der Waals surface area contributed by atoms with Gasteiger partial charge in [0.1, 0.15) is 10.4 Å². The first-order chi connectivity index (χ1) is 8.26. The van der Waals surface area contributed by atoms with Gasteiger partial charge in [0.25, 0.3) is 0 Å². The van der Waals surface area contributed by atoms with E-state index in [0.29, 0.717) is 18.2 Å². The van der Waals surface area contributed by atoms with Gasteiger partial charge in [-0.15, -0.1) is 0 Å². The minimum atomic E-state index is 0.0253. The fraction of sp³-hybridized carbons (Fsp3) is 0.571. The average molecular weight is 313 g/mol. The molecule has 1 rings (SSSR count). The number of hydrogen-bond acceptors (Lipinski definition) is 2. The van der Waals surface area contributed by atoms with Crippen LogP contribution >= 0.6 is 15.9 Å². The van der Waals surface area contributed by atoms with Crippen molar-refractivity contribution < 1.29 is 4.79 Å². The summed E-state index contributed by atoms with van der Waals surface area (Å²) in [7, 11) is 0. The van der Waals surface area contributed by atoms with Gasteiger partial charge in [0.2, 0.25) is 5.91 Å². The van der Waals surface area contributed by atoms with Gasteiger partial charge in [0.05, 0.1) is 0 Å². The number of halogens is 1. The molecule has 1 N–H and O–H groups in total. The number of rotatable bonds is 4. The van der Waals surface area contributed by atoms with Crippen molar-refractivity contribution >= 4 is 27.7 Å². The minimum Gasteiger partial charge on any atom is -0.311 e. The molecule has 0 spiro atoms. The molecule has 0 aromatic carbocycles. The SMILES string of the molecule is CC(CC(=O)Nc1cccc(Br)n1)CC(C)(C)C. The third-order valence-corrected chi connectivity index (χ3v) is 2.92. The van der Waals surface area contributed by atoms with E-state index in [9.17, 15) is 4.79 Å². The van der Waals surface area contributed by atoms with Gasteiger partial charge in [-0.05, 0) is 45.8 Å². The lowest BCUT2D eigenvalue weighted by Crippen LogP contribution is -2.19. The third kappa shape index (κ3) is 6.15. The van der Waals surface area contributed by atoms with Gasteiger partial charge in [-0.3, -0.25) is 4.79 Å². The van der Waals surface area contributed by atoms with Crippen LogP contribution in [0, 0.1) is 11.3 Å². The van der Waals surface area contributed by atoms with E-state index in [1.165, 1.54) is 0 Å². The summed E-state index contributed by atoms with van der Waals surface area (Å²) >= 11 is 3.28. The van der Waals surface area contributed by atoms with Crippen LogP contribution in [0.15, 0.2) is 22.8 Å². The standard InChI is InChI=1S/C14H21BrN2O/c1-10(9-14(2,3)4)8-13(18)17-12-7-5-6-11(15)16-12/h5-7,10H,8-9H2,1-4H3,(H,16,17,18). The fourth-order valence-electron chi connectivity index (χ4n) is 2.11. The zero-order valence-electron chi connectivity index (χ0n) is 11.5. The maximum Gasteiger partial charge on any atom is 0.225 e. The molecule has 0 saturated heterocycles. The Morgan fingerprint density at radius 1 is 1.44 bits per heavy atom. The van der Waals surface area contributed by atoms with Crippen LogP contribution in [0.5, 0.6) is 0 Å². The first kappa shape index (κ1) is 15.2. The van der Waals surface area contributed by atoms with Crippen LogP contribution < -0.4 is 5.32 Å². The number of nitrogens with one attached hydrogen (secondary N) is 1. The molecule has 18 heavy (non-hydrogen) atoms. The monoisotopic (exact) mass is 312 g/mol. The molecular weight excluding hydrogens is 292 g/mol. The summed E-state index contributed by atoms with van der Waals surface area (Å²) in [6.07, 6.45) is 1.57. The number of pyridine rings is 1. The van der Waals surface area contributed by atoms with E-state index < -0.39 is 0 Å². The summed E-state index contributed by atoms with van der Waals surface area (Å²) in [6.45, 7) is 8.69. The van der Waals surface area contributed by atoms with Gasteiger partial charge >= 0.3 is 0 Å². The van der Waals surface area contributed by atoms with E-state index >= 15 is 0 Å². The average Bonchev–Trinajstić information content (AvgIpc) is 2.13. The zero-order chi connectivity index (χ0) is 13.8. The van der Waals surface area contributed by atoms with Gasteiger partial charge in [0, 0.05) is 6.42 Å². The molecule has 100 valence electrons. The molecule has 1 unspecified atom stereocenters. The quantitative estimate of drug-likeness (QED) is 0.845. The molecular formula is C14H21BrN2O. The lowest BCUT2D eigenvalue weighted by molar-refractivity contribution is -0.117. The number of amides is 1. The molecule has 4 heteroatoms. The number of nitrogens with zero attached hydrogens (tertiary/aromatic N) is 1. The van der Waals surface area contributed by atoms with Crippen molar-refractivity contribution in [1.82, 2.24) is 4.98 Å². The Hall–Kier alpha value is -0.900. The first-order valence-corrected chi connectivity index (χ1v) is 6.98. The van der Waals surface area contributed by atoms with Crippen LogP contribution in [-0.2, 0) is 4.79 Å². The van der Waals surface area contributed by atoms with Crippen LogP contribution in [0.2, 0.25) is 0 Å². The lowest BCUT2D eigenvalue weighted by atomic mass is 9.84.